The lowest BCUT2D eigenvalue weighted by Crippen LogP contribution is -2.37. The van der Waals surface area contributed by atoms with Crippen LogP contribution in [0.4, 0.5) is 5.69 Å². The number of hydrogen-bond donors (Lipinski definition) is 3. The van der Waals surface area contributed by atoms with Gasteiger partial charge < -0.3 is 10.6 Å². The van der Waals surface area contributed by atoms with Crippen molar-refractivity contribution in [2.24, 2.45) is 0 Å². The maximum atomic E-state index is 12.5. The maximum Gasteiger partial charge on any atom is 0.261 e. The van der Waals surface area contributed by atoms with E-state index in [0.29, 0.717) is 17.8 Å². The van der Waals surface area contributed by atoms with Crippen LogP contribution >= 0.6 is 12.4 Å². The minimum Gasteiger partial charge on any atom is -0.350 e. The fourth-order valence-corrected chi connectivity index (χ4v) is 3.38. The number of hydrogen-bond acceptors (Lipinski definition) is 4. The fraction of sp³-hybridized carbons (Fsp3) is 0.316. The smallest absolute Gasteiger partial charge is 0.261 e. The van der Waals surface area contributed by atoms with Gasteiger partial charge in [0.15, 0.2) is 0 Å². The van der Waals surface area contributed by atoms with Crippen molar-refractivity contribution in [3.8, 4) is 0 Å². The third kappa shape index (κ3) is 6.23. The molecule has 0 spiro atoms. The average molecular weight is 412 g/mol. The highest BCUT2D eigenvalue weighted by Gasteiger charge is 2.15. The Balaban J connectivity index is 0.00000364. The van der Waals surface area contributed by atoms with Crippen LogP contribution in [0.5, 0.6) is 0 Å². The standard InChI is InChI=1S/C19H25N3O3S.ClH/c1-13-5-10-18(11-14(13)2)26(24,25)22-17-8-6-16(7-9-17)19(23)21-12-15(3)20-4;/h5-11,15,20,22H,12H2,1-4H3,(H,21,23);1H. The molecular weight excluding hydrogens is 386 g/mol. The summed E-state index contributed by atoms with van der Waals surface area (Å²) < 4.78 is 27.5. The average Bonchev–Trinajstić information content (AvgIpc) is 2.61. The number of sulfonamides is 1. The molecule has 3 N–H and O–H groups in total. The molecule has 0 saturated carbocycles. The molecule has 1 atom stereocenters. The number of amides is 1. The number of nitrogens with one attached hydrogen (secondary N) is 3. The maximum absolute atomic E-state index is 12.5. The predicted molar refractivity (Wildman–Crippen MR) is 111 cm³/mol. The molecule has 0 aliphatic rings. The van der Waals surface area contributed by atoms with Gasteiger partial charge in [-0.1, -0.05) is 6.07 Å². The number of rotatable bonds is 7. The Bertz CT molecular complexity index is 884. The molecule has 1 amide bonds. The molecule has 0 fully saturated rings. The summed E-state index contributed by atoms with van der Waals surface area (Å²) in [6.07, 6.45) is 0. The Morgan fingerprint density at radius 2 is 1.67 bits per heavy atom. The number of halogens is 1. The van der Waals surface area contributed by atoms with E-state index in [1.807, 2.05) is 27.8 Å². The summed E-state index contributed by atoms with van der Waals surface area (Å²) in [5, 5.41) is 5.85. The van der Waals surface area contributed by atoms with Crippen molar-refractivity contribution in [2.45, 2.75) is 31.7 Å². The van der Waals surface area contributed by atoms with E-state index >= 15 is 0 Å². The second-order valence-corrected chi connectivity index (χ2v) is 8.01. The number of carbonyl (C=O) groups excluding carboxylic acids is 1. The molecule has 2 rings (SSSR count). The van der Waals surface area contributed by atoms with E-state index < -0.39 is 10.0 Å². The molecule has 0 radical (unpaired) electrons. The van der Waals surface area contributed by atoms with Gasteiger partial charge in [-0.25, -0.2) is 8.42 Å². The predicted octanol–water partition coefficient (Wildman–Crippen LogP) is 2.86. The van der Waals surface area contributed by atoms with Crippen molar-refractivity contribution >= 4 is 34.0 Å². The third-order valence-electron chi connectivity index (χ3n) is 4.25. The molecule has 0 saturated heterocycles. The van der Waals surface area contributed by atoms with Crippen LogP contribution in [-0.2, 0) is 10.0 Å². The molecule has 0 aliphatic heterocycles. The first-order valence-electron chi connectivity index (χ1n) is 8.38. The lowest BCUT2D eigenvalue weighted by atomic mass is 10.1. The van der Waals surface area contributed by atoms with Crippen LogP contribution in [0, 0.1) is 13.8 Å². The highest BCUT2D eigenvalue weighted by atomic mass is 35.5. The van der Waals surface area contributed by atoms with Gasteiger partial charge >= 0.3 is 0 Å². The van der Waals surface area contributed by atoms with Crippen molar-refractivity contribution in [3.05, 3.63) is 59.2 Å². The zero-order chi connectivity index (χ0) is 19.3. The molecule has 0 bridgehead atoms. The Morgan fingerprint density at radius 1 is 1.04 bits per heavy atom. The molecule has 0 aromatic heterocycles. The van der Waals surface area contributed by atoms with Gasteiger partial charge in [0.1, 0.15) is 0 Å². The second-order valence-electron chi connectivity index (χ2n) is 6.33. The first-order valence-corrected chi connectivity index (χ1v) is 9.87. The minimum atomic E-state index is -3.67. The summed E-state index contributed by atoms with van der Waals surface area (Å²) in [6, 6.07) is 11.5. The van der Waals surface area contributed by atoms with Crippen LogP contribution in [0.25, 0.3) is 0 Å². The van der Waals surface area contributed by atoms with E-state index in [1.165, 1.54) is 0 Å². The topological polar surface area (TPSA) is 87.3 Å². The Morgan fingerprint density at radius 3 is 2.22 bits per heavy atom. The summed E-state index contributed by atoms with van der Waals surface area (Å²) >= 11 is 0. The highest BCUT2D eigenvalue weighted by molar-refractivity contribution is 7.92. The molecule has 2 aromatic rings. The van der Waals surface area contributed by atoms with E-state index in [4.69, 9.17) is 0 Å². The SMILES string of the molecule is CNC(C)CNC(=O)c1ccc(NS(=O)(=O)c2ccc(C)c(C)c2)cc1.Cl. The molecular formula is C19H26ClN3O3S. The van der Waals surface area contributed by atoms with Crippen LogP contribution < -0.4 is 15.4 Å². The fourth-order valence-electron chi connectivity index (χ4n) is 2.23. The summed E-state index contributed by atoms with van der Waals surface area (Å²) in [5.41, 5.74) is 2.83. The summed E-state index contributed by atoms with van der Waals surface area (Å²) in [4.78, 5) is 12.3. The number of benzene rings is 2. The largest absolute Gasteiger partial charge is 0.350 e. The molecule has 27 heavy (non-hydrogen) atoms. The first kappa shape index (κ1) is 23.0. The number of carbonyl (C=O) groups is 1. The molecule has 0 aliphatic carbocycles. The van der Waals surface area contributed by atoms with Crippen LogP contribution in [0.3, 0.4) is 0 Å². The Labute approximate surface area is 167 Å². The third-order valence-corrected chi connectivity index (χ3v) is 5.63. The van der Waals surface area contributed by atoms with Crippen LogP contribution in [0.15, 0.2) is 47.4 Å². The number of aryl methyl sites for hydroxylation is 2. The molecule has 1 unspecified atom stereocenters. The van der Waals surface area contributed by atoms with Gasteiger partial charge in [-0.15, -0.1) is 12.4 Å². The van der Waals surface area contributed by atoms with Crippen molar-refractivity contribution in [3.63, 3.8) is 0 Å². The molecule has 148 valence electrons. The van der Waals surface area contributed by atoms with E-state index in [9.17, 15) is 13.2 Å². The number of likely N-dealkylation sites (N-methyl/N-ethyl adjacent to an activating group) is 1. The number of anilines is 1. The van der Waals surface area contributed by atoms with Gasteiger partial charge in [0, 0.05) is 23.8 Å². The van der Waals surface area contributed by atoms with E-state index in [0.717, 1.165) is 11.1 Å². The summed E-state index contributed by atoms with van der Waals surface area (Å²) in [5.74, 6) is -0.198. The molecule has 2 aromatic carbocycles. The quantitative estimate of drug-likeness (QED) is 0.653. The summed E-state index contributed by atoms with van der Waals surface area (Å²) in [6.45, 7) is 6.28. The van der Waals surface area contributed by atoms with Crippen molar-refractivity contribution < 1.29 is 13.2 Å². The minimum absolute atomic E-state index is 0. The normalized spacial score (nSPS) is 12.0. The lowest BCUT2D eigenvalue weighted by molar-refractivity contribution is 0.0950. The van der Waals surface area contributed by atoms with Gasteiger partial charge in [-0.2, -0.15) is 0 Å². The zero-order valence-corrected chi connectivity index (χ0v) is 17.5. The van der Waals surface area contributed by atoms with Crippen molar-refractivity contribution in [1.29, 1.82) is 0 Å². The van der Waals surface area contributed by atoms with E-state index in [1.54, 1.807) is 42.5 Å². The van der Waals surface area contributed by atoms with Gasteiger partial charge in [-0.05, 0) is 75.3 Å². The van der Waals surface area contributed by atoms with Gasteiger partial charge in [0.05, 0.1) is 4.90 Å². The van der Waals surface area contributed by atoms with E-state index in [-0.39, 0.29) is 29.3 Å². The van der Waals surface area contributed by atoms with Gasteiger partial charge in [0.25, 0.3) is 15.9 Å². The van der Waals surface area contributed by atoms with Gasteiger partial charge in [-0.3, -0.25) is 9.52 Å². The molecule has 6 nitrogen and oxygen atoms in total. The first-order chi connectivity index (χ1) is 12.2. The Kier molecular flexibility index (Phi) is 8.27. The summed E-state index contributed by atoms with van der Waals surface area (Å²) in [7, 11) is -1.84. The highest BCUT2D eigenvalue weighted by Crippen LogP contribution is 2.19. The molecule has 8 heteroatoms. The second kappa shape index (κ2) is 9.73. The van der Waals surface area contributed by atoms with Crippen LogP contribution in [0.2, 0.25) is 0 Å². The van der Waals surface area contributed by atoms with Gasteiger partial charge in [0.2, 0.25) is 0 Å². The zero-order valence-electron chi connectivity index (χ0n) is 15.9. The van der Waals surface area contributed by atoms with Crippen LogP contribution in [-0.4, -0.2) is 34.0 Å². The van der Waals surface area contributed by atoms with Crippen LogP contribution in [0.1, 0.15) is 28.4 Å². The van der Waals surface area contributed by atoms with Crippen molar-refractivity contribution in [1.82, 2.24) is 10.6 Å². The monoisotopic (exact) mass is 411 g/mol. The van der Waals surface area contributed by atoms with Crippen molar-refractivity contribution in [2.75, 3.05) is 18.3 Å². The Hall–Kier alpha value is -2.09. The molecule has 0 heterocycles. The lowest BCUT2D eigenvalue weighted by Gasteiger charge is -2.12. The van der Waals surface area contributed by atoms with E-state index in [2.05, 4.69) is 15.4 Å².